The topological polar surface area (TPSA) is 81.5 Å². The first-order valence-electron chi connectivity index (χ1n) is 10.5. The van der Waals surface area contributed by atoms with Gasteiger partial charge in [0.1, 0.15) is 17.1 Å². The van der Waals surface area contributed by atoms with Crippen molar-refractivity contribution < 1.29 is 18.7 Å². The molecule has 1 atom stereocenters. The van der Waals surface area contributed by atoms with Gasteiger partial charge in [-0.25, -0.2) is 9.37 Å². The SMILES string of the molecule is COc1ccc(F)cc1[C@H](C(=O)Nc1nccs1)n1cc2cccc(N3CCOCC3)c2n1. The van der Waals surface area contributed by atoms with Crippen LogP contribution in [0.1, 0.15) is 11.6 Å². The number of aromatic nitrogens is 3. The van der Waals surface area contributed by atoms with Gasteiger partial charge in [-0.2, -0.15) is 5.10 Å². The fourth-order valence-electron chi connectivity index (χ4n) is 4.02. The minimum absolute atomic E-state index is 0.368. The Morgan fingerprint density at radius 3 is 2.88 bits per heavy atom. The molecule has 1 aliphatic rings. The van der Waals surface area contributed by atoms with Crippen molar-refractivity contribution >= 4 is 39.0 Å². The fraction of sp³-hybridized carbons (Fsp3) is 0.261. The summed E-state index contributed by atoms with van der Waals surface area (Å²) in [5.41, 5.74) is 2.11. The minimum atomic E-state index is -0.968. The lowest BCUT2D eigenvalue weighted by atomic mass is 10.0. The highest BCUT2D eigenvalue weighted by atomic mass is 32.1. The smallest absolute Gasteiger partial charge is 0.255 e. The Morgan fingerprint density at radius 2 is 2.12 bits per heavy atom. The van der Waals surface area contributed by atoms with E-state index in [1.807, 2.05) is 18.2 Å². The number of methoxy groups -OCH3 is 1. The van der Waals surface area contributed by atoms with Gasteiger partial charge in [0, 0.05) is 41.8 Å². The van der Waals surface area contributed by atoms with Gasteiger partial charge in [-0.15, -0.1) is 11.3 Å². The molecular formula is C23H22FN5O3S. The van der Waals surface area contributed by atoms with E-state index in [9.17, 15) is 9.18 Å². The molecule has 0 aliphatic carbocycles. The summed E-state index contributed by atoms with van der Waals surface area (Å²) in [6, 6.07) is 9.07. The Kier molecular flexibility index (Phi) is 5.93. The van der Waals surface area contributed by atoms with Crippen molar-refractivity contribution in [1.82, 2.24) is 14.8 Å². The maximum atomic E-state index is 14.3. The highest BCUT2D eigenvalue weighted by Crippen LogP contribution is 2.33. The highest BCUT2D eigenvalue weighted by Gasteiger charge is 2.29. The zero-order valence-corrected chi connectivity index (χ0v) is 18.7. The monoisotopic (exact) mass is 467 g/mol. The molecule has 2 aromatic carbocycles. The molecule has 0 saturated carbocycles. The normalized spacial score (nSPS) is 14.9. The van der Waals surface area contributed by atoms with Crippen molar-refractivity contribution in [3.05, 3.63) is 65.6 Å². The summed E-state index contributed by atoms with van der Waals surface area (Å²) < 4.78 is 26.8. The molecule has 5 rings (SSSR count). The summed E-state index contributed by atoms with van der Waals surface area (Å²) in [7, 11) is 1.49. The molecule has 8 nitrogen and oxygen atoms in total. The molecule has 0 bridgehead atoms. The van der Waals surface area contributed by atoms with Crippen LogP contribution >= 0.6 is 11.3 Å². The van der Waals surface area contributed by atoms with Crippen molar-refractivity contribution in [3.8, 4) is 5.75 Å². The summed E-state index contributed by atoms with van der Waals surface area (Å²) in [6.07, 6.45) is 3.41. The van der Waals surface area contributed by atoms with E-state index in [-0.39, 0.29) is 0 Å². The predicted molar refractivity (Wildman–Crippen MR) is 125 cm³/mol. The number of amides is 1. The summed E-state index contributed by atoms with van der Waals surface area (Å²) in [4.78, 5) is 19.8. The lowest BCUT2D eigenvalue weighted by molar-refractivity contribution is -0.118. The van der Waals surface area contributed by atoms with Crippen LogP contribution in [-0.4, -0.2) is 54.1 Å². The van der Waals surface area contributed by atoms with Gasteiger partial charge < -0.3 is 14.4 Å². The number of carbonyl (C=O) groups excluding carboxylic acids is 1. The molecule has 1 N–H and O–H groups in total. The van der Waals surface area contributed by atoms with Gasteiger partial charge in [0.2, 0.25) is 0 Å². The summed E-state index contributed by atoms with van der Waals surface area (Å²) in [6.45, 7) is 2.82. The van der Waals surface area contributed by atoms with Crippen LogP contribution < -0.4 is 15.0 Å². The van der Waals surface area contributed by atoms with Gasteiger partial charge in [-0.3, -0.25) is 14.8 Å². The Balaban J connectivity index is 1.62. The molecule has 1 amide bonds. The first-order chi connectivity index (χ1) is 16.1. The second-order valence-corrected chi connectivity index (χ2v) is 8.43. The lowest BCUT2D eigenvalue weighted by Crippen LogP contribution is -2.36. The van der Waals surface area contributed by atoms with Crippen molar-refractivity contribution in [2.75, 3.05) is 43.6 Å². The number of ether oxygens (including phenoxy) is 2. The Labute approximate surface area is 193 Å². The number of fused-ring (bicyclic) bond motifs is 1. The van der Waals surface area contributed by atoms with Crippen LogP contribution in [0, 0.1) is 5.82 Å². The number of morpholine rings is 1. The summed E-state index contributed by atoms with van der Waals surface area (Å²) in [5.74, 6) is -0.471. The molecule has 0 radical (unpaired) electrons. The van der Waals surface area contributed by atoms with E-state index in [0.29, 0.717) is 29.7 Å². The van der Waals surface area contributed by atoms with E-state index >= 15 is 0 Å². The van der Waals surface area contributed by atoms with E-state index in [1.165, 1.54) is 36.6 Å². The number of benzene rings is 2. The van der Waals surface area contributed by atoms with Crippen molar-refractivity contribution in [3.63, 3.8) is 0 Å². The molecule has 3 heterocycles. The van der Waals surface area contributed by atoms with Crippen LogP contribution in [-0.2, 0) is 9.53 Å². The first kappa shape index (κ1) is 21.4. The standard InChI is InChI=1S/C23H22FN5O3S/c1-31-19-6-5-16(24)13-17(19)21(22(30)26-23-25-7-12-33-23)29-14-15-3-2-4-18(20(15)27-29)28-8-10-32-11-9-28/h2-7,12-14,21H,8-11H2,1H3,(H,25,26,30)/t21-/m1/s1. The Morgan fingerprint density at radius 1 is 1.27 bits per heavy atom. The molecule has 1 aliphatic heterocycles. The Hall–Kier alpha value is -3.50. The number of nitrogens with zero attached hydrogens (tertiary/aromatic N) is 4. The second kappa shape index (κ2) is 9.16. The number of hydrogen-bond donors (Lipinski definition) is 1. The second-order valence-electron chi connectivity index (χ2n) is 7.54. The Bertz CT molecular complexity index is 1270. The van der Waals surface area contributed by atoms with E-state index < -0.39 is 17.8 Å². The van der Waals surface area contributed by atoms with Crippen molar-refractivity contribution in [2.24, 2.45) is 0 Å². The van der Waals surface area contributed by atoms with Gasteiger partial charge in [-0.05, 0) is 24.3 Å². The van der Waals surface area contributed by atoms with E-state index in [2.05, 4.69) is 15.2 Å². The van der Waals surface area contributed by atoms with Gasteiger partial charge >= 0.3 is 0 Å². The van der Waals surface area contributed by atoms with Crippen LogP contribution in [0.3, 0.4) is 0 Å². The molecule has 170 valence electrons. The maximum Gasteiger partial charge on any atom is 0.255 e. The highest BCUT2D eigenvalue weighted by molar-refractivity contribution is 7.13. The molecule has 10 heteroatoms. The molecule has 4 aromatic rings. The van der Waals surface area contributed by atoms with E-state index in [0.717, 1.165) is 29.7 Å². The van der Waals surface area contributed by atoms with Crippen LogP contribution in [0.5, 0.6) is 5.75 Å². The third kappa shape index (κ3) is 4.27. The van der Waals surface area contributed by atoms with Gasteiger partial charge in [-0.1, -0.05) is 12.1 Å². The number of nitrogens with one attached hydrogen (secondary N) is 1. The van der Waals surface area contributed by atoms with E-state index in [4.69, 9.17) is 14.6 Å². The van der Waals surface area contributed by atoms with E-state index in [1.54, 1.807) is 22.5 Å². The van der Waals surface area contributed by atoms with Crippen LogP contribution in [0.4, 0.5) is 15.2 Å². The van der Waals surface area contributed by atoms with Crippen LogP contribution in [0.25, 0.3) is 10.9 Å². The number of thiazole rings is 1. The number of halogens is 1. The molecular weight excluding hydrogens is 445 g/mol. The largest absolute Gasteiger partial charge is 0.496 e. The van der Waals surface area contributed by atoms with Crippen LogP contribution in [0.15, 0.2) is 54.2 Å². The average Bonchev–Trinajstić information content (AvgIpc) is 3.49. The molecule has 2 aromatic heterocycles. The summed E-state index contributed by atoms with van der Waals surface area (Å²) in [5, 5.41) is 10.7. The molecule has 33 heavy (non-hydrogen) atoms. The number of hydrogen-bond acceptors (Lipinski definition) is 7. The van der Waals surface area contributed by atoms with Crippen molar-refractivity contribution in [2.45, 2.75) is 6.04 Å². The predicted octanol–water partition coefficient (Wildman–Crippen LogP) is 3.71. The summed E-state index contributed by atoms with van der Waals surface area (Å²) >= 11 is 1.30. The lowest BCUT2D eigenvalue weighted by Gasteiger charge is -2.28. The van der Waals surface area contributed by atoms with Crippen molar-refractivity contribution in [1.29, 1.82) is 0 Å². The van der Waals surface area contributed by atoms with Gasteiger partial charge in [0.25, 0.3) is 5.91 Å². The molecule has 1 saturated heterocycles. The average molecular weight is 468 g/mol. The quantitative estimate of drug-likeness (QED) is 0.466. The molecule has 1 fully saturated rings. The first-order valence-corrected chi connectivity index (χ1v) is 11.4. The zero-order valence-electron chi connectivity index (χ0n) is 17.9. The fourth-order valence-corrected chi connectivity index (χ4v) is 4.55. The number of carbonyl (C=O) groups is 1. The zero-order chi connectivity index (χ0) is 22.8. The third-order valence-electron chi connectivity index (χ3n) is 5.55. The number of anilines is 2. The van der Waals surface area contributed by atoms with Gasteiger partial charge in [0.05, 0.1) is 26.0 Å². The van der Waals surface area contributed by atoms with Gasteiger partial charge in [0.15, 0.2) is 11.2 Å². The van der Waals surface area contributed by atoms with Crippen LogP contribution in [0.2, 0.25) is 0 Å². The molecule has 0 spiro atoms. The third-order valence-corrected chi connectivity index (χ3v) is 6.23. The maximum absolute atomic E-state index is 14.3. The molecule has 0 unspecified atom stereocenters. The number of rotatable bonds is 6. The minimum Gasteiger partial charge on any atom is -0.496 e.